The molecule has 0 aliphatic carbocycles. The summed E-state index contributed by atoms with van der Waals surface area (Å²) in [5.74, 6) is 1.12. The van der Waals surface area contributed by atoms with Crippen LogP contribution in [0.3, 0.4) is 0 Å². The number of thiocarbonyl (C=S) groups is 1. The molecule has 0 bridgehead atoms. The molecule has 0 unspecified atom stereocenters. The van der Waals surface area contributed by atoms with Gasteiger partial charge in [0.05, 0.1) is 11.5 Å². The predicted octanol–water partition coefficient (Wildman–Crippen LogP) is 4.25. The molecule has 0 atom stereocenters. The highest BCUT2D eigenvalue weighted by molar-refractivity contribution is 8.26. The van der Waals surface area contributed by atoms with Gasteiger partial charge in [0.1, 0.15) is 10.1 Å². The second-order valence-electron chi connectivity index (χ2n) is 5.07. The van der Waals surface area contributed by atoms with Crippen molar-refractivity contribution in [1.82, 2.24) is 5.32 Å². The highest BCUT2D eigenvalue weighted by atomic mass is 35.5. The van der Waals surface area contributed by atoms with Crippen LogP contribution in [0.15, 0.2) is 23.1 Å². The average molecular weight is 342 g/mol. The Morgan fingerprint density at radius 1 is 1.48 bits per heavy atom. The number of thioether (sulfide) groups is 1. The van der Waals surface area contributed by atoms with Gasteiger partial charge >= 0.3 is 0 Å². The second kappa shape index (κ2) is 7.29. The SMILES string of the molecule is CC(C)CCOc1ccc(Cl)cc1C=C1SC(=S)NC1=O. The van der Waals surface area contributed by atoms with Gasteiger partial charge in [-0.15, -0.1) is 0 Å². The first kappa shape index (κ1) is 16.3. The first-order valence-corrected chi connectivity index (χ1v) is 8.23. The molecule has 6 heteroatoms. The molecule has 1 heterocycles. The molecule has 3 nitrogen and oxygen atoms in total. The van der Waals surface area contributed by atoms with Crippen molar-refractivity contribution in [1.29, 1.82) is 0 Å². The summed E-state index contributed by atoms with van der Waals surface area (Å²) in [7, 11) is 0. The molecule has 1 aliphatic heterocycles. The van der Waals surface area contributed by atoms with E-state index >= 15 is 0 Å². The average Bonchev–Trinajstić information content (AvgIpc) is 2.70. The first-order chi connectivity index (χ1) is 9.95. The quantitative estimate of drug-likeness (QED) is 0.641. The summed E-state index contributed by atoms with van der Waals surface area (Å²) in [5, 5.41) is 3.19. The number of halogens is 1. The maximum absolute atomic E-state index is 11.7. The van der Waals surface area contributed by atoms with Crippen LogP contribution in [0.4, 0.5) is 0 Å². The third kappa shape index (κ3) is 4.73. The van der Waals surface area contributed by atoms with Crippen molar-refractivity contribution in [2.24, 2.45) is 5.92 Å². The van der Waals surface area contributed by atoms with Crippen LogP contribution in [0.2, 0.25) is 5.02 Å². The molecule has 112 valence electrons. The molecular formula is C15H16ClNO2S2. The van der Waals surface area contributed by atoms with E-state index < -0.39 is 0 Å². The van der Waals surface area contributed by atoms with E-state index in [2.05, 4.69) is 19.2 Å². The maximum atomic E-state index is 11.7. The van der Waals surface area contributed by atoms with Crippen molar-refractivity contribution in [3.8, 4) is 5.75 Å². The number of benzene rings is 1. The number of nitrogens with one attached hydrogen (secondary N) is 1. The molecule has 1 fully saturated rings. The summed E-state index contributed by atoms with van der Waals surface area (Å²) in [4.78, 5) is 12.3. The first-order valence-electron chi connectivity index (χ1n) is 6.63. The zero-order valence-electron chi connectivity index (χ0n) is 11.8. The van der Waals surface area contributed by atoms with Crippen LogP contribution in [0, 0.1) is 5.92 Å². The zero-order chi connectivity index (χ0) is 15.4. The van der Waals surface area contributed by atoms with Gasteiger partial charge < -0.3 is 10.1 Å². The molecule has 1 aromatic carbocycles. The summed E-state index contributed by atoms with van der Waals surface area (Å²) in [5.41, 5.74) is 0.786. The number of rotatable bonds is 5. The lowest BCUT2D eigenvalue weighted by atomic mass is 10.1. The highest BCUT2D eigenvalue weighted by Crippen LogP contribution is 2.31. The van der Waals surface area contributed by atoms with Crippen LogP contribution >= 0.6 is 35.6 Å². The number of carbonyl (C=O) groups is 1. The Morgan fingerprint density at radius 3 is 2.86 bits per heavy atom. The minimum Gasteiger partial charge on any atom is -0.493 e. The Morgan fingerprint density at radius 2 is 2.24 bits per heavy atom. The zero-order valence-corrected chi connectivity index (χ0v) is 14.2. The molecular weight excluding hydrogens is 326 g/mol. The fourth-order valence-corrected chi connectivity index (χ4v) is 2.95. The number of hydrogen-bond acceptors (Lipinski definition) is 4. The number of amides is 1. The molecule has 1 N–H and O–H groups in total. The third-order valence-electron chi connectivity index (χ3n) is 2.85. The predicted molar refractivity (Wildman–Crippen MR) is 92.7 cm³/mol. The van der Waals surface area contributed by atoms with E-state index in [0.29, 0.717) is 26.8 Å². The lowest BCUT2D eigenvalue weighted by Crippen LogP contribution is -2.17. The summed E-state index contributed by atoms with van der Waals surface area (Å²) < 4.78 is 6.27. The maximum Gasteiger partial charge on any atom is 0.263 e. The van der Waals surface area contributed by atoms with Gasteiger partial charge in [-0.05, 0) is 36.6 Å². The number of ether oxygens (including phenoxy) is 1. The van der Waals surface area contributed by atoms with Gasteiger partial charge in [0, 0.05) is 10.6 Å². The van der Waals surface area contributed by atoms with Crippen molar-refractivity contribution < 1.29 is 9.53 Å². The molecule has 0 spiro atoms. The summed E-state index contributed by atoms with van der Waals surface area (Å²) in [6.07, 6.45) is 2.73. The molecule has 1 aliphatic rings. The molecule has 0 aromatic heterocycles. The molecule has 0 radical (unpaired) electrons. The Bertz CT molecular complexity index is 599. The van der Waals surface area contributed by atoms with Crippen LogP contribution in [-0.4, -0.2) is 16.8 Å². The smallest absolute Gasteiger partial charge is 0.263 e. The van der Waals surface area contributed by atoms with E-state index in [1.54, 1.807) is 18.2 Å². The van der Waals surface area contributed by atoms with Crippen LogP contribution in [0.5, 0.6) is 5.75 Å². The van der Waals surface area contributed by atoms with Gasteiger partial charge in [0.2, 0.25) is 0 Å². The molecule has 1 amide bonds. The van der Waals surface area contributed by atoms with Gasteiger partial charge in [-0.25, -0.2) is 0 Å². The van der Waals surface area contributed by atoms with Crippen molar-refractivity contribution in [3.05, 3.63) is 33.7 Å². The number of hydrogen-bond donors (Lipinski definition) is 1. The van der Waals surface area contributed by atoms with Crippen molar-refractivity contribution >= 4 is 51.9 Å². The largest absolute Gasteiger partial charge is 0.493 e. The van der Waals surface area contributed by atoms with Crippen LogP contribution in [0.1, 0.15) is 25.8 Å². The Labute approximate surface area is 139 Å². The Balaban J connectivity index is 2.21. The van der Waals surface area contributed by atoms with E-state index in [1.807, 2.05) is 6.07 Å². The summed E-state index contributed by atoms with van der Waals surface area (Å²) in [6.45, 7) is 4.93. The Kier molecular flexibility index (Phi) is 5.67. The highest BCUT2D eigenvalue weighted by Gasteiger charge is 2.22. The fourth-order valence-electron chi connectivity index (χ4n) is 1.73. The monoisotopic (exact) mass is 341 g/mol. The standard InChI is InChI=1S/C15H16ClNO2S2/c1-9(2)5-6-19-12-4-3-11(16)7-10(12)8-13-14(18)17-15(20)21-13/h3-4,7-9H,5-6H2,1-2H3,(H,17,18,20). The second-order valence-corrected chi connectivity index (χ2v) is 7.22. The summed E-state index contributed by atoms with van der Waals surface area (Å²) in [6, 6.07) is 5.39. The molecule has 21 heavy (non-hydrogen) atoms. The van der Waals surface area contributed by atoms with Gasteiger partial charge in [0.25, 0.3) is 5.91 Å². The normalized spacial score (nSPS) is 16.7. The van der Waals surface area contributed by atoms with Gasteiger partial charge in [0.15, 0.2) is 0 Å². The van der Waals surface area contributed by atoms with E-state index in [9.17, 15) is 4.79 Å². The van der Waals surface area contributed by atoms with E-state index in [0.717, 1.165) is 17.7 Å². The lowest BCUT2D eigenvalue weighted by Gasteiger charge is -2.11. The van der Waals surface area contributed by atoms with E-state index in [1.165, 1.54) is 11.8 Å². The summed E-state index contributed by atoms with van der Waals surface area (Å²) >= 11 is 12.3. The van der Waals surface area contributed by atoms with E-state index in [-0.39, 0.29) is 5.91 Å². The fraction of sp³-hybridized carbons (Fsp3) is 0.333. The minimum absolute atomic E-state index is 0.182. The van der Waals surface area contributed by atoms with Crippen molar-refractivity contribution in [2.75, 3.05) is 6.61 Å². The third-order valence-corrected chi connectivity index (χ3v) is 4.25. The van der Waals surface area contributed by atoms with Gasteiger partial charge in [-0.1, -0.05) is 49.4 Å². The Hall–Kier alpha value is -1.04. The number of carbonyl (C=O) groups excluding carboxylic acids is 1. The molecule has 1 saturated heterocycles. The molecule has 1 aromatic rings. The van der Waals surface area contributed by atoms with Crippen molar-refractivity contribution in [2.45, 2.75) is 20.3 Å². The van der Waals surface area contributed by atoms with Crippen molar-refractivity contribution in [3.63, 3.8) is 0 Å². The van der Waals surface area contributed by atoms with Gasteiger partial charge in [-0.2, -0.15) is 0 Å². The van der Waals surface area contributed by atoms with Crippen LogP contribution in [0.25, 0.3) is 6.08 Å². The minimum atomic E-state index is -0.182. The van der Waals surface area contributed by atoms with Crippen LogP contribution < -0.4 is 10.1 Å². The molecule has 0 saturated carbocycles. The topological polar surface area (TPSA) is 38.3 Å². The van der Waals surface area contributed by atoms with E-state index in [4.69, 9.17) is 28.6 Å². The van der Waals surface area contributed by atoms with Gasteiger partial charge in [-0.3, -0.25) is 4.79 Å². The van der Waals surface area contributed by atoms with Crippen LogP contribution in [-0.2, 0) is 4.79 Å². The lowest BCUT2D eigenvalue weighted by molar-refractivity contribution is -0.115. The molecule has 2 rings (SSSR count).